The SMILES string of the molecule is Nc1cc(Oc2ccc(NC(=O)c3c4n(n(-c5ccccc5)c3=O)CCC4)cc2)ccn1. The molecule has 4 aromatic rings. The molecule has 2 aromatic heterocycles. The zero-order valence-corrected chi connectivity index (χ0v) is 17.2. The quantitative estimate of drug-likeness (QED) is 0.506. The molecule has 0 saturated heterocycles. The van der Waals surface area contributed by atoms with E-state index in [-0.39, 0.29) is 11.1 Å². The van der Waals surface area contributed by atoms with Crippen LogP contribution in [-0.4, -0.2) is 20.3 Å². The molecule has 5 rings (SSSR count). The number of ether oxygens (including phenoxy) is 1. The highest BCUT2D eigenvalue weighted by molar-refractivity contribution is 6.05. The predicted octanol–water partition coefficient (Wildman–Crippen LogP) is 3.61. The van der Waals surface area contributed by atoms with Crippen LogP contribution in [0.3, 0.4) is 0 Å². The van der Waals surface area contributed by atoms with Gasteiger partial charge in [0.15, 0.2) is 0 Å². The molecule has 160 valence electrons. The molecule has 3 heterocycles. The summed E-state index contributed by atoms with van der Waals surface area (Å²) in [6, 6.07) is 19.6. The third-order valence-corrected chi connectivity index (χ3v) is 5.36. The number of carbonyl (C=O) groups excluding carboxylic acids is 1. The third kappa shape index (κ3) is 3.62. The highest BCUT2D eigenvalue weighted by Crippen LogP contribution is 2.25. The van der Waals surface area contributed by atoms with Crippen LogP contribution in [0.4, 0.5) is 11.5 Å². The van der Waals surface area contributed by atoms with Crippen molar-refractivity contribution >= 4 is 17.4 Å². The number of anilines is 2. The number of nitrogens with one attached hydrogen (secondary N) is 1. The van der Waals surface area contributed by atoms with Crippen LogP contribution in [0.15, 0.2) is 77.7 Å². The summed E-state index contributed by atoms with van der Waals surface area (Å²) in [5, 5.41) is 2.84. The molecule has 0 fully saturated rings. The second-order valence-corrected chi connectivity index (χ2v) is 7.50. The summed E-state index contributed by atoms with van der Waals surface area (Å²) in [4.78, 5) is 30.2. The Balaban J connectivity index is 1.38. The first-order valence-electron chi connectivity index (χ1n) is 10.3. The smallest absolute Gasteiger partial charge is 0.284 e. The van der Waals surface area contributed by atoms with E-state index in [4.69, 9.17) is 10.5 Å². The maximum absolute atomic E-state index is 13.2. The molecule has 0 spiro atoms. The maximum Gasteiger partial charge on any atom is 0.284 e. The van der Waals surface area contributed by atoms with Crippen molar-refractivity contribution in [2.24, 2.45) is 0 Å². The Labute approximate surface area is 183 Å². The molecule has 8 nitrogen and oxygen atoms in total. The summed E-state index contributed by atoms with van der Waals surface area (Å²) in [5.74, 6) is 1.11. The van der Waals surface area contributed by atoms with Crippen molar-refractivity contribution in [2.75, 3.05) is 11.1 Å². The largest absolute Gasteiger partial charge is 0.457 e. The average molecular weight is 427 g/mol. The Morgan fingerprint density at radius 1 is 1.03 bits per heavy atom. The molecule has 0 aliphatic carbocycles. The van der Waals surface area contributed by atoms with Crippen LogP contribution >= 0.6 is 0 Å². The number of nitrogens with zero attached hydrogens (tertiary/aromatic N) is 3. The molecular formula is C24H21N5O3. The summed E-state index contributed by atoms with van der Waals surface area (Å²) < 4.78 is 9.24. The van der Waals surface area contributed by atoms with Crippen LogP contribution in [0.1, 0.15) is 22.5 Å². The molecule has 1 amide bonds. The zero-order valence-electron chi connectivity index (χ0n) is 17.2. The molecule has 0 unspecified atom stereocenters. The first kappa shape index (κ1) is 19.6. The van der Waals surface area contributed by atoms with Gasteiger partial charge in [-0.3, -0.25) is 14.3 Å². The van der Waals surface area contributed by atoms with Gasteiger partial charge in [-0.1, -0.05) is 18.2 Å². The van der Waals surface area contributed by atoms with Crippen molar-refractivity contribution in [3.63, 3.8) is 0 Å². The number of para-hydroxylation sites is 1. The number of nitrogen functional groups attached to an aromatic ring is 1. The van der Waals surface area contributed by atoms with Gasteiger partial charge in [0.25, 0.3) is 11.5 Å². The van der Waals surface area contributed by atoms with E-state index in [9.17, 15) is 9.59 Å². The van der Waals surface area contributed by atoms with E-state index in [1.807, 2.05) is 35.0 Å². The lowest BCUT2D eigenvalue weighted by atomic mass is 10.1. The normalized spacial score (nSPS) is 12.4. The molecular weight excluding hydrogens is 406 g/mol. The topological polar surface area (TPSA) is 104 Å². The van der Waals surface area contributed by atoms with Crippen molar-refractivity contribution in [1.29, 1.82) is 0 Å². The number of hydrogen-bond acceptors (Lipinski definition) is 5. The van der Waals surface area contributed by atoms with Crippen LogP contribution in [-0.2, 0) is 13.0 Å². The molecule has 0 radical (unpaired) electrons. The lowest BCUT2D eigenvalue weighted by Gasteiger charge is -2.08. The Kier molecular flexibility index (Phi) is 4.95. The van der Waals surface area contributed by atoms with Gasteiger partial charge in [0, 0.05) is 24.5 Å². The van der Waals surface area contributed by atoms with Gasteiger partial charge in [0.1, 0.15) is 22.9 Å². The van der Waals surface area contributed by atoms with Crippen molar-refractivity contribution in [3.05, 3.63) is 94.5 Å². The minimum absolute atomic E-state index is 0.193. The van der Waals surface area contributed by atoms with Gasteiger partial charge >= 0.3 is 0 Å². The van der Waals surface area contributed by atoms with E-state index in [2.05, 4.69) is 10.3 Å². The first-order chi connectivity index (χ1) is 15.6. The average Bonchev–Trinajstić information content (AvgIpc) is 3.35. The number of pyridine rings is 1. The fraction of sp³-hybridized carbons (Fsp3) is 0.125. The lowest BCUT2D eigenvalue weighted by molar-refractivity contribution is 0.102. The van der Waals surface area contributed by atoms with Gasteiger partial charge < -0.3 is 15.8 Å². The number of benzene rings is 2. The minimum Gasteiger partial charge on any atom is -0.457 e. The van der Waals surface area contributed by atoms with Gasteiger partial charge in [-0.2, -0.15) is 0 Å². The number of aromatic nitrogens is 3. The highest BCUT2D eigenvalue weighted by Gasteiger charge is 2.28. The number of amides is 1. The van der Waals surface area contributed by atoms with Crippen molar-refractivity contribution in [1.82, 2.24) is 14.3 Å². The second-order valence-electron chi connectivity index (χ2n) is 7.50. The number of fused-ring (bicyclic) bond motifs is 1. The monoisotopic (exact) mass is 427 g/mol. The van der Waals surface area contributed by atoms with Gasteiger partial charge in [0.05, 0.1) is 11.4 Å². The summed E-state index contributed by atoms with van der Waals surface area (Å²) in [6.07, 6.45) is 3.16. The number of nitrogens with two attached hydrogens (primary N) is 1. The molecule has 0 atom stereocenters. The molecule has 8 heteroatoms. The number of hydrogen-bond donors (Lipinski definition) is 2. The summed E-state index contributed by atoms with van der Waals surface area (Å²) in [6.45, 7) is 0.707. The fourth-order valence-corrected chi connectivity index (χ4v) is 3.96. The number of rotatable bonds is 5. The standard InChI is InChI=1S/C24H21N5O3/c25-21-15-19(12-13-26-21)32-18-10-8-16(9-11-18)27-23(30)22-20-7-4-14-28(20)29(24(22)31)17-5-2-1-3-6-17/h1-3,5-6,8-13,15H,4,7,14H2,(H2,25,26)(H,27,30). The molecule has 0 bridgehead atoms. The zero-order chi connectivity index (χ0) is 22.1. The van der Waals surface area contributed by atoms with E-state index in [0.717, 1.165) is 17.8 Å². The van der Waals surface area contributed by atoms with Gasteiger partial charge in [-0.25, -0.2) is 9.67 Å². The van der Waals surface area contributed by atoms with Gasteiger partial charge in [0.2, 0.25) is 0 Å². The van der Waals surface area contributed by atoms with Crippen LogP contribution in [0.25, 0.3) is 5.69 Å². The molecule has 2 aromatic carbocycles. The molecule has 32 heavy (non-hydrogen) atoms. The first-order valence-corrected chi connectivity index (χ1v) is 10.3. The minimum atomic E-state index is -0.411. The predicted molar refractivity (Wildman–Crippen MR) is 121 cm³/mol. The van der Waals surface area contributed by atoms with E-state index >= 15 is 0 Å². The summed E-state index contributed by atoms with van der Waals surface area (Å²) in [5.41, 5.74) is 7.64. The molecule has 1 aliphatic rings. The Morgan fingerprint density at radius 3 is 2.56 bits per heavy atom. The lowest BCUT2D eigenvalue weighted by Crippen LogP contribution is -2.26. The van der Waals surface area contributed by atoms with E-state index < -0.39 is 5.91 Å². The van der Waals surface area contributed by atoms with Crippen molar-refractivity contribution in [3.8, 4) is 17.2 Å². The van der Waals surface area contributed by atoms with E-state index in [1.165, 1.54) is 0 Å². The second kappa shape index (κ2) is 8.07. The number of carbonyl (C=O) groups is 1. The van der Waals surface area contributed by atoms with Crippen molar-refractivity contribution in [2.45, 2.75) is 19.4 Å². The highest BCUT2D eigenvalue weighted by atomic mass is 16.5. The Bertz CT molecular complexity index is 1340. The summed E-state index contributed by atoms with van der Waals surface area (Å²) in [7, 11) is 0. The Hall–Kier alpha value is -4.33. The van der Waals surface area contributed by atoms with Crippen LogP contribution in [0, 0.1) is 0 Å². The summed E-state index contributed by atoms with van der Waals surface area (Å²) >= 11 is 0. The van der Waals surface area contributed by atoms with Crippen molar-refractivity contribution < 1.29 is 9.53 Å². The van der Waals surface area contributed by atoms with Gasteiger partial charge in [-0.05, 0) is 55.3 Å². The van der Waals surface area contributed by atoms with Crippen LogP contribution in [0.2, 0.25) is 0 Å². The van der Waals surface area contributed by atoms with E-state index in [0.29, 0.717) is 36.0 Å². The molecule has 1 aliphatic heterocycles. The van der Waals surface area contributed by atoms with Crippen LogP contribution < -0.4 is 21.3 Å². The third-order valence-electron chi connectivity index (χ3n) is 5.36. The van der Waals surface area contributed by atoms with E-state index in [1.54, 1.807) is 47.3 Å². The molecule has 0 saturated carbocycles. The maximum atomic E-state index is 13.2. The van der Waals surface area contributed by atoms with Crippen LogP contribution in [0.5, 0.6) is 11.5 Å². The fourth-order valence-electron chi connectivity index (χ4n) is 3.96. The molecule has 3 N–H and O–H groups in total. The van der Waals surface area contributed by atoms with Gasteiger partial charge in [-0.15, -0.1) is 0 Å². The Morgan fingerprint density at radius 2 is 1.81 bits per heavy atom.